The Morgan fingerprint density at radius 1 is 0.886 bits per heavy atom. The Morgan fingerprint density at radius 3 is 1.68 bits per heavy atom. The Labute approximate surface area is 270 Å². The van der Waals surface area contributed by atoms with E-state index >= 15 is 0 Å². The lowest BCUT2D eigenvalue weighted by Gasteiger charge is -2.51. The van der Waals surface area contributed by atoms with Gasteiger partial charge in [0.2, 0.25) is 15.2 Å². The van der Waals surface area contributed by atoms with Crippen LogP contribution < -0.4 is 0 Å². The van der Waals surface area contributed by atoms with Crippen molar-refractivity contribution in [1.82, 2.24) is 0 Å². The first-order valence-corrected chi connectivity index (χ1v) is 29.2. The summed E-state index contributed by atoms with van der Waals surface area (Å²) in [5.74, 6) is -12.5. The molecule has 0 saturated heterocycles. The molecule has 0 spiro atoms. The van der Waals surface area contributed by atoms with E-state index < -0.39 is 107 Å². The minimum atomic E-state index is -6.45. The van der Waals surface area contributed by atoms with E-state index in [9.17, 15) is 35.5 Å². The van der Waals surface area contributed by atoms with Crippen molar-refractivity contribution >= 4 is 70.5 Å². The fraction of sp³-hybridized carbons (Fsp3) is 0.870. The molecule has 0 heterocycles. The van der Waals surface area contributed by atoms with Crippen LogP contribution in [0.5, 0.6) is 0 Å². The van der Waals surface area contributed by atoms with Crippen molar-refractivity contribution in [3.05, 3.63) is 12.2 Å². The molecule has 7 nitrogen and oxygen atoms in total. The lowest BCUT2D eigenvalue weighted by molar-refractivity contribution is -0.356. The summed E-state index contributed by atoms with van der Waals surface area (Å²) in [7, 11) is -14.0. The SMILES string of the molecule is C=C(C)C(=O)OC(O[SiH](O[Si](C)(C)C)O[Si](C)(C)C)([SiH2]O[SiH3])C(C)(C)C(CCC(F)(F)C(F)(F)C(F)(F)F)[SiH2]O[Si](C)(C)C. The van der Waals surface area contributed by atoms with E-state index in [0.29, 0.717) is 0 Å². The van der Waals surface area contributed by atoms with Crippen molar-refractivity contribution in [3.63, 3.8) is 0 Å². The number of rotatable bonds is 19. The standard InChI is InChI=1S/C23H51F7O7Si7/c1-16(2)18(31)32-23(40-34-38,33-41(36-43(8,9)10)37-44(11,12)13)19(3,4)17(39-35-42(5,6)7)14-15-20(24,25)21(26,27)22(28,29)30/h17,41H,1,14-15,39-40H2,2-13,38H3. The zero-order valence-corrected chi connectivity index (χ0v) is 37.2. The molecule has 21 heteroatoms. The lowest BCUT2D eigenvalue weighted by atomic mass is 9.83. The lowest BCUT2D eigenvalue weighted by Crippen LogP contribution is -2.63. The molecule has 44 heavy (non-hydrogen) atoms. The smallest absolute Gasteiger partial charge is 0.463 e. The van der Waals surface area contributed by atoms with E-state index in [2.05, 4.69) is 6.58 Å². The molecule has 0 bridgehead atoms. The van der Waals surface area contributed by atoms with Gasteiger partial charge in [-0.2, -0.15) is 30.7 Å². The fourth-order valence-electron chi connectivity index (χ4n) is 3.82. The van der Waals surface area contributed by atoms with Crippen LogP contribution >= 0.6 is 0 Å². The molecule has 0 aliphatic carbocycles. The van der Waals surface area contributed by atoms with Gasteiger partial charge in [0.1, 0.15) is 20.2 Å². The van der Waals surface area contributed by atoms with Crippen LogP contribution in [0.3, 0.4) is 0 Å². The highest BCUT2D eigenvalue weighted by Gasteiger charge is 2.72. The van der Waals surface area contributed by atoms with Crippen LogP contribution in [-0.4, -0.2) is 93.9 Å². The first-order chi connectivity index (χ1) is 19.2. The average Bonchev–Trinajstić information content (AvgIpc) is 2.74. The van der Waals surface area contributed by atoms with Gasteiger partial charge in [-0.15, -0.1) is 0 Å². The molecular weight excluding hydrogens is 718 g/mol. The van der Waals surface area contributed by atoms with Gasteiger partial charge in [-0.3, -0.25) is 0 Å². The molecule has 0 aromatic heterocycles. The number of alkyl halides is 7. The van der Waals surface area contributed by atoms with Crippen LogP contribution in [0, 0.1) is 5.41 Å². The van der Waals surface area contributed by atoms with Gasteiger partial charge in [0.15, 0.2) is 25.0 Å². The maximum atomic E-state index is 14.6. The Bertz CT molecular complexity index is 953. The molecule has 0 fully saturated rings. The van der Waals surface area contributed by atoms with Crippen molar-refractivity contribution < 1.29 is 61.2 Å². The zero-order valence-electron chi connectivity index (χ0n) is 28.2. The molecule has 0 rings (SSSR count). The number of halogens is 7. The number of hydrogen-bond acceptors (Lipinski definition) is 7. The van der Waals surface area contributed by atoms with Crippen LogP contribution in [-0.2, 0) is 30.4 Å². The summed E-state index contributed by atoms with van der Waals surface area (Å²) in [6, 6.07) is 0. The van der Waals surface area contributed by atoms with Crippen LogP contribution in [0.15, 0.2) is 12.2 Å². The molecule has 2 unspecified atom stereocenters. The van der Waals surface area contributed by atoms with Gasteiger partial charge < -0.3 is 25.6 Å². The monoisotopic (exact) mass is 768 g/mol. The molecule has 2 atom stereocenters. The topological polar surface area (TPSA) is 72.5 Å². The molecular formula is C23H51F7O7Si7. The van der Waals surface area contributed by atoms with Gasteiger partial charge >= 0.3 is 33.5 Å². The number of carbonyl (C=O) groups is 1. The molecule has 0 aromatic carbocycles. The predicted octanol–water partition coefficient (Wildman–Crippen LogP) is 4.94. The second-order valence-corrected chi connectivity index (χ2v) is 35.8. The summed E-state index contributed by atoms with van der Waals surface area (Å²) >= 11 is 0. The second kappa shape index (κ2) is 15.5. The van der Waals surface area contributed by atoms with Crippen molar-refractivity contribution in [2.24, 2.45) is 5.41 Å². The molecule has 0 aliphatic heterocycles. The highest BCUT2D eigenvalue weighted by molar-refractivity contribution is 6.79. The number of hydrogen-bond donors (Lipinski definition) is 0. The van der Waals surface area contributed by atoms with Crippen LogP contribution in [0.2, 0.25) is 64.5 Å². The largest absolute Gasteiger partial charge is 0.465 e. The highest BCUT2D eigenvalue weighted by atomic mass is 28.5. The molecule has 0 radical (unpaired) electrons. The zero-order chi connectivity index (χ0) is 35.4. The maximum absolute atomic E-state index is 14.6. The van der Waals surface area contributed by atoms with Crippen molar-refractivity contribution in [2.75, 3.05) is 0 Å². The van der Waals surface area contributed by atoms with Crippen LogP contribution in [0.25, 0.3) is 0 Å². The molecule has 0 saturated carbocycles. The minimum Gasteiger partial charge on any atom is -0.463 e. The summed E-state index contributed by atoms with van der Waals surface area (Å²) in [4.78, 5) is 13.1. The Kier molecular flexibility index (Phi) is 15.5. The molecule has 0 amide bonds. The van der Waals surface area contributed by atoms with E-state index in [1.54, 1.807) is 13.8 Å². The van der Waals surface area contributed by atoms with Crippen molar-refractivity contribution in [3.8, 4) is 0 Å². The summed E-state index contributed by atoms with van der Waals surface area (Å²) in [6.45, 7) is 25.0. The second-order valence-electron chi connectivity index (χ2n) is 14.4. The molecule has 0 aromatic rings. The van der Waals surface area contributed by atoms with E-state index in [-0.39, 0.29) is 16.1 Å². The van der Waals surface area contributed by atoms with Gasteiger partial charge in [-0.05, 0) is 77.8 Å². The fourth-order valence-corrected chi connectivity index (χ4v) is 17.4. The van der Waals surface area contributed by atoms with Crippen LogP contribution in [0.1, 0.15) is 33.6 Å². The van der Waals surface area contributed by atoms with E-state index in [1.165, 1.54) is 6.92 Å². The number of esters is 1. The quantitative estimate of drug-likeness (QED) is 0.0607. The third-order valence-corrected chi connectivity index (χ3v) is 23.3. The van der Waals surface area contributed by atoms with E-state index in [4.69, 9.17) is 25.6 Å². The Morgan fingerprint density at radius 2 is 1.34 bits per heavy atom. The Hall–Kier alpha value is 0.0382. The van der Waals surface area contributed by atoms with Crippen LogP contribution in [0.4, 0.5) is 30.7 Å². The molecule has 0 N–H and O–H groups in total. The normalized spacial score (nSPS) is 17.2. The third-order valence-electron chi connectivity index (χ3n) is 6.47. The molecule has 0 aliphatic rings. The van der Waals surface area contributed by atoms with E-state index in [0.717, 1.165) is 0 Å². The Balaban J connectivity index is 7.24. The highest BCUT2D eigenvalue weighted by Crippen LogP contribution is 2.53. The van der Waals surface area contributed by atoms with Gasteiger partial charge in [0.05, 0.1) is 0 Å². The summed E-state index contributed by atoms with van der Waals surface area (Å²) < 4.78 is 133. The number of ether oxygens (including phenoxy) is 1. The summed E-state index contributed by atoms with van der Waals surface area (Å²) in [5, 5.41) is 0. The third kappa shape index (κ3) is 13.3. The van der Waals surface area contributed by atoms with Gasteiger partial charge in [0.25, 0.3) is 0 Å². The number of carbonyl (C=O) groups excluding carboxylic acids is 1. The average molecular weight is 769 g/mol. The summed E-state index contributed by atoms with van der Waals surface area (Å²) in [6.07, 6.45) is -9.03. The maximum Gasteiger partial charge on any atom is 0.465 e. The van der Waals surface area contributed by atoms with Crippen molar-refractivity contribution in [2.45, 2.75) is 122 Å². The van der Waals surface area contributed by atoms with Gasteiger partial charge in [0, 0.05) is 17.4 Å². The van der Waals surface area contributed by atoms with Crippen molar-refractivity contribution in [1.29, 1.82) is 0 Å². The summed E-state index contributed by atoms with van der Waals surface area (Å²) in [5.41, 5.74) is -4.44. The first-order valence-electron chi connectivity index (χ1n) is 14.1. The first kappa shape index (κ1) is 44.0. The minimum absolute atomic E-state index is 0.00457. The predicted molar refractivity (Wildman–Crippen MR) is 176 cm³/mol. The van der Waals surface area contributed by atoms with E-state index in [1.807, 2.05) is 58.9 Å². The molecule has 262 valence electrons. The van der Waals surface area contributed by atoms with Gasteiger partial charge in [-0.25, -0.2) is 4.79 Å². The van der Waals surface area contributed by atoms with Gasteiger partial charge in [-0.1, -0.05) is 20.4 Å².